The second-order valence-electron chi connectivity index (χ2n) is 6.80. The van der Waals surface area contributed by atoms with Crippen molar-refractivity contribution >= 4 is 41.7 Å². The van der Waals surface area contributed by atoms with Crippen molar-refractivity contribution in [1.29, 1.82) is 0 Å². The topological polar surface area (TPSA) is 81.6 Å². The molecule has 1 aromatic rings. The molecule has 0 spiro atoms. The molecule has 2 heterocycles. The van der Waals surface area contributed by atoms with E-state index in [1.165, 1.54) is 0 Å². The first kappa shape index (κ1) is 23.5. The van der Waals surface area contributed by atoms with Gasteiger partial charge >= 0.3 is 0 Å². The summed E-state index contributed by atoms with van der Waals surface area (Å²) < 4.78 is 0. The van der Waals surface area contributed by atoms with E-state index in [1.54, 1.807) is 0 Å². The molecular formula is C19H33IN6O. The van der Waals surface area contributed by atoms with Crippen molar-refractivity contribution in [3.63, 3.8) is 0 Å². The first-order valence-electron chi connectivity index (χ1n) is 9.58. The highest BCUT2D eigenvalue weighted by molar-refractivity contribution is 14.0. The summed E-state index contributed by atoms with van der Waals surface area (Å²) in [4.78, 5) is 22.9. The molecule has 3 N–H and O–H groups in total. The Bertz CT molecular complexity index is 573. The van der Waals surface area contributed by atoms with Crippen LogP contribution in [-0.2, 0) is 4.79 Å². The lowest BCUT2D eigenvalue weighted by molar-refractivity contribution is -0.123. The van der Waals surface area contributed by atoms with E-state index in [-0.39, 0.29) is 35.8 Å². The Hall–Kier alpha value is -1.58. The van der Waals surface area contributed by atoms with E-state index in [1.807, 2.05) is 32.2 Å². The molecule has 0 aliphatic carbocycles. The zero-order chi connectivity index (χ0) is 18.8. The van der Waals surface area contributed by atoms with Crippen molar-refractivity contribution in [3.8, 4) is 0 Å². The van der Waals surface area contributed by atoms with Gasteiger partial charge < -0.3 is 20.9 Å². The van der Waals surface area contributed by atoms with Crippen molar-refractivity contribution < 1.29 is 4.79 Å². The number of anilines is 1. The van der Waals surface area contributed by atoms with Gasteiger partial charge in [0.2, 0.25) is 5.91 Å². The van der Waals surface area contributed by atoms with Gasteiger partial charge in [0.25, 0.3) is 0 Å². The average molecular weight is 488 g/mol. The number of hydrogen-bond donors (Lipinski definition) is 3. The number of piperidine rings is 1. The largest absolute Gasteiger partial charge is 0.357 e. The van der Waals surface area contributed by atoms with E-state index in [9.17, 15) is 4.79 Å². The number of carbonyl (C=O) groups is 1. The average Bonchev–Trinajstić information content (AvgIpc) is 2.66. The third-order valence-electron chi connectivity index (χ3n) is 4.36. The van der Waals surface area contributed by atoms with Crippen LogP contribution in [0.2, 0.25) is 0 Å². The van der Waals surface area contributed by atoms with Crippen LogP contribution >= 0.6 is 24.0 Å². The molecule has 1 aromatic heterocycles. The van der Waals surface area contributed by atoms with Crippen molar-refractivity contribution in [2.75, 3.05) is 37.6 Å². The van der Waals surface area contributed by atoms with Crippen molar-refractivity contribution in [1.82, 2.24) is 20.9 Å². The zero-order valence-corrected chi connectivity index (χ0v) is 18.9. The van der Waals surface area contributed by atoms with Crippen LogP contribution in [0.5, 0.6) is 0 Å². The Kier molecular flexibility index (Phi) is 11.1. The van der Waals surface area contributed by atoms with Gasteiger partial charge in [-0.2, -0.15) is 0 Å². The van der Waals surface area contributed by atoms with Crippen LogP contribution < -0.4 is 20.9 Å². The van der Waals surface area contributed by atoms with E-state index in [0.29, 0.717) is 19.1 Å². The molecule has 0 saturated carbocycles. The standard InChI is InChI=1S/C19H32N6O.HI/c1-4-20-19(23-12-11-22-18(26)15(2)3)24-16-8-13-25(14-9-16)17-7-5-6-10-21-17;/h5-7,10,15-16H,4,8-9,11-14H2,1-3H3,(H,22,26)(H2,20,23,24);1H. The van der Waals surface area contributed by atoms with E-state index >= 15 is 0 Å². The van der Waals surface area contributed by atoms with E-state index < -0.39 is 0 Å². The number of halogens is 1. The SMILES string of the molecule is CCNC(=NCCNC(=O)C(C)C)NC1CCN(c2ccccn2)CC1.I. The van der Waals surface area contributed by atoms with Gasteiger partial charge in [-0.05, 0) is 31.9 Å². The number of amides is 1. The molecule has 1 fully saturated rings. The minimum Gasteiger partial charge on any atom is -0.357 e. The quantitative estimate of drug-likeness (QED) is 0.237. The fraction of sp³-hybridized carbons (Fsp3) is 0.632. The van der Waals surface area contributed by atoms with Gasteiger partial charge in [-0.3, -0.25) is 9.79 Å². The highest BCUT2D eigenvalue weighted by atomic mass is 127. The van der Waals surface area contributed by atoms with Crippen LogP contribution in [0.1, 0.15) is 33.6 Å². The Morgan fingerprint density at radius 1 is 1.30 bits per heavy atom. The van der Waals surface area contributed by atoms with Gasteiger partial charge in [-0.25, -0.2) is 4.98 Å². The van der Waals surface area contributed by atoms with Crippen molar-refractivity contribution in [3.05, 3.63) is 24.4 Å². The molecular weight excluding hydrogens is 455 g/mol. The molecule has 7 nitrogen and oxygen atoms in total. The summed E-state index contributed by atoms with van der Waals surface area (Å²) in [5, 5.41) is 9.69. The number of guanidine groups is 1. The van der Waals surface area contributed by atoms with Gasteiger partial charge in [0.1, 0.15) is 5.82 Å². The lowest BCUT2D eigenvalue weighted by atomic mass is 10.1. The number of carbonyl (C=O) groups excluding carboxylic acids is 1. The van der Waals surface area contributed by atoms with Crippen molar-refractivity contribution in [2.45, 2.75) is 39.7 Å². The molecule has 0 aromatic carbocycles. The number of aromatic nitrogens is 1. The fourth-order valence-corrected chi connectivity index (χ4v) is 2.86. The van der Waals surface area contributed by atoms with E-state index in [2.05, 4.69) is 43.8 Å². The first-order chi connectivity index (χ1) is 12.6. The third kappa shape index (κ3) is 8.32. The number of aliphatic imine (C=N–C) groups is 1. The number of nitrogens with zero attached hydrogens (tertiary/aromatic N) is 3. The summed E-state index contributed by atoms with van der Waals surface area (Å²) in [7, 11) is 0. The van der Waals surface area contributed by atoms with Crippen LogP contribution in [-0.4, -0.2) is 55.6 Å². The molecule has 8 heteroatoms. The molecule has 152 valence electrons. The molecule has 2 rings (SSSR count). The third-order valence-corrected chi connectivity index (χ3v) is 4.36. The molecule has 0 radical (unpaired) electrons. The predicted octanol–water partition coefficient (Wildman–Crippen LogP) is 2.00. The normalized spacial score (nSPS) is 15.3. The Balaban J connectivity index is 0.00000364. The van der Waals surface area contributed by atoms with Crippen molar-refractivity contribution in [2.24, 2.45) is 10.9 Å². The monoisotopic (exact) mass is 488 g/mol. The predicted molar refractivity (Wildman–Crippen MR) is 122 cm³/mol. The van der Waals surface area contributed by atoms with E-state index in [4.69, 9.17) is 0 Å². The molecule has 27 heavy (non-hydrogen) atoms. The van der Waals surface area contributed by atoms with Crippen LogP contribution in [0.4, 0.5) is 5.82 Å². The summed E-state index contributed by atoms with van der Waals surface area (Å²) in [6.45, 7) is 9.75. The Labute approximate surface area is 179 Å². The maximum Gasteiger partial charge on any atom is 0.222 e. The molecule has 1 amide bonds. The zero-order valence-electron chi connectivity index (χ0n) is 16.6. The molecule has 0 atom stereocenters. The van der Waals surface area contributed by atoms with Gasteiger partial charge in [0.15, 0.2) is 5.96 Å². The summed E-state index contributed by atoms with van der Waals surface area (Å²) in [6.07, 6.45) is 3.93. The number of pyridine rings is 1. The van der Waals surface area contributed by atoms with Crippen LogP contribution in [0.15, 0.2) is 29.4 Å². The van der Waals surface area contributed by atoms with E-state index in [0.717, 1.165) is 44.3 Å². The minimum absolute atomic E-state index is 0. The van der Waals surface area contributed by atoms with Crippen LogP contribution in [0.3, 0.4) is 0 Å². The first-order valence-corrected chi connectivity index (χ1v) is 9.58. The minimum atomic E-state index is 0. The summed E-state index contributed by atoms with van der Waals surface area (Å²) in [5.41, 5.74) is 0. The van der Waals surface area contributed by atoms with Crippen LogP contribution in [0.25, 0.3) is 0 Å². The highest BCUT2D eigenvalue weighted by Gasteiger charge is 2.20. The lowest BCUT2D eigenvalue weighted by Gasteiger charge is -2.33. The maximum atomic E-state index is 11.6. The van der Waals surface area contributed by atoms with Gasteiger partial charge in [-0.15, -0.1) is 24.0 Å². The second-order valence-corrected chi connectivity index (χ2v) is 6.80. The summed E-state index contributed by atoms with van der Waals surface area (Å²) in [5.74, 6) is 1.95. The number of nitrogens with one attached hydrogen (secondary N) is 3. The Morgan fingerprint density at radius 3 is 2.63 bits per heavy atom. The second kappa shape index (κ2) is 12.7. The van der Waals surface area contributed by atoms with Gasteiger partial charge in [-0.1, -0.05) is 19.9 Å². The molecule has 0 bridgehead atoms. The van der Waals surface area contributed by atoms with Gasteiger partial charge in [0, 0.05) is 44.3 Å². The molecule has 1 aliphatic heterocycles. The Morgan fingerprint density at radius 2 is 2.04 bits per heavy atom. The molecule has 1 saturated heterocycles. The summed E-state index contributed by atoms with van der Waals surface area (Å²) >= 11 is 0. The molecule has 1 aliphatic rings. The highest BCUT2D eigenvalue weighted by Crippen LogP contribution is 2.17. The maximum absolute atomic E-state index is 11.6. The number of rotatable bonds is 7. The summed E-state index contributed by atoms with van der Waals surface area (Å²) in [6, 6.07) is 6.43. The van der Waals surface area contributed by atoms with Gasteiger partial charge in [0.05, 0.1) is 6.54 Å². The number of hydrogen-bond acceptors (Lipinski definition) is 4. The lowest BCUT2D eigenvalue weighted by Crippen LogP contribution is -2.49. The van der Waals surface area contributed by atoms with Crippen LogP contribution in [0, 0.1) is 5.92 Å². The molecule has 0 unspecified atom stereocenters. The fourth-order valence-electron chi connectivity index (χ4n) is 2.86. The smallest absolute Gasteiger partial charge is 0.222 e.